The average Bonchev–Trinajstić information content (AvgIpc) is 2.34. The minimum atomic E-state index is -1.23. The van der Waals surface area contributed by atoms with E-state index in [-0.39, 0.29) is 0 Å². The van der Waals surface area contributed by atoms with E-state index >= 15 is 0 Å². The monoisotopic (exact) mass is 137 g/mol. The van der Waals surface area contributed by atoms with Crippen molar-refractivity contribution in [1.82, 2.24) is 0 Å². The number of carbonyl (C=O) groups excluding carboxylic acids is 1. The smallest absolute Gasteiger partial charge is 0.126 e. The van der Waals surface area contributed by atoms with Crippen molar-refractivity contribution in [3.8, 4) is 0 Å². The van der Waals surface area contributed by atoms with Crippen molar-refractivity contribution in [1.29, 1.82) is 0 Å². The molecule has 0 aliphatic heterocycles. The van der Waals surface area contributed by atoms with Gasteiger partial charge in [0.05, 0.1) is 12.2 Å². The summed E-state index contributed by atoms with van der Waals surface area (Å²) in [6, 6.07) is 3.33. The molecule has 0 unspecified atom stereocenters. The summed E-state index contributed by atoms with van der Waals surface area (Å²) >= 11 is 0. The third-order valence-electron chi connectivity index (χ3n) is 0.927. The Labute approximate surface area is 57.6 Å². The average molecular weight is 137 g/mol. The van der Waals surface area contributed by atoms with E-state index in [0.29, 0.717) is 5.76 Å². The van der Waals surface area contributed by atoms with E-state index in [9.17, 15) is 9.90 Å². The maximum Gasteiger partial charge on any atom is 0.126 e. The summed E-state index contributed by atoms with van der Waals surface area (Å²) < 4.78 is 4.81. The Bertz CT molecular complexity index is 233. The van der Waals surface area contributed by atoms with Gasteiger partial charge in [-0.15, -0.1) is 0 Å². The highest BCUT2D eigenvalue weighted by atomic mass is 16.4. The molecule has 0 saturated carbocycles. The first-order valence-electron chi connectivity index (χ1n) is 2.71. The molecule has 0 aliphatic carbocycles. The van der Waals surface area contributed by atoms with Crippen LogP contribution in [-0.4, -0.2) is 5.97 Å². The maximum absolute atomic E-state index is 9.85. The summed E-state index contributed by atoms with van der Waals surface area (Å²) in [6.07, 6.45) is 3.71. The van der Waals surface area contributed by atoms with Gasteiger partial charge in [0.15, 0.2) is 0 Å². The Morgan fingerprint density at radius 3 is 3.00 bits per heavy atom. The van der Waals surface area contributed by atoms with Crippen molar-refractivity contribution in [3.63, 3.8) is 0 Å². The Balaban J connectivity index is 2.64. The van der Waals surface area contributed by atoms with Gasteiger partial charge in [0.25, 0.3) is 0 Å². The van der Waals surface area contributed by atoms with Crippen molar-refractivity contribution in [2.75, 3.05) is 0 Å². The Morgan fingerprint density at radius 1 is 1.70 bits per heavy atom. The van der Waals surface area contributed by atoms with Gasteiger partial charge in [-0.2, -0.15) is 0 Å². The standard InChI is InChI=1S/C7H6O3/c8-7(9)4-3-6-2-1-5-10-6/h1-5H,(H,8,9)/p-1/b4-3-. The van der Waals surface area contributed by atoms with Crippen LogP contribution in [0.1, 0.15) is 5.76 Å². The third-order valence-corrected chi connectivity index (χ3v) is 0.927. The van der Waals surface area contributed by atoms with Crippen molar-refractivity contribution < 1.29 is 14.3 Å². The number of hydrogen-bond donors (Lipinski definition) is 0. The van der Waals surface area contributed by atoms with Gasteiger partial charge in [-0.3, -0.25) is 0 Å². The summed E-state index contributed by atoms with van der Waals surface area (Å²) in [7, 11) is 0. The van der Waals surface area contributed by atoms with Gasteiger partial charge in [0.1, 0.15) is 5.76 Å². The highest BCUT2D eigenvalue weighted by Gasteiger charge is 1.84. The zero-order valence-electron chi connectivity index (χ0n) is 5.11. The van der Waals surface area contributed by atoms with Gasteiger partial charge < -0.3 is 14.3 Å². The predicted molar refractivity (Wildman–Crippen MR) is 32.7 cm³/mol. The molecule has 1 heterocycles. The fourth-order valence-corrected chi connectivity index (χ4v) is 0.536. The minimum absolute atomic E-state index is 0.504. The molecular weight excluding hydrogens is 132 g/mol. The lowest BCUT2D eigenvalue weighted by Crippen LogP contribution is -2.18. The van der Waals surface area contributed by atoms with E-state index in [2.05, 4.69) is 0 Å². The Morgan fingerprint density at radius 2 is 2.50 bits per heavy atom. The molecule has 0 amide bonds. The molecule has 3 nitrogen and oxygen atoms in total. The number of rotatable bonds is 2. The molecule has 0 atom stereocenters. The first kappa shape index (κ1) is 6.61. The maximum atomic E-state index is 9.85. The quantitative estimate of drug-likeness (QED) is 0.541. The lowest BCUT2D eigenvalue weighted by Gasteiger charge is -1.87. The molecule has 0 aliphatic rings. The van der Waals surface area contributed by atoms with Crippen molar-refractivity contribution in [2.24, 2.45) is 0 Å². The van der Waals surface area contributed by atoms with Crippen LogP contribution in [0.25, 0.3) is 6.08 Å². The largest absolute Gasteiger partial charge is 0.545 e. The topological polar surface area (TPSA) is 53.3 Å². The van der Waals surface area contributed by atoms with E-state index in [1.165, 1.54) is 12.3 Å². The summed E-state index contributed by atoms with van der Waals surface area (Å²) in [5.74, 6) is -0.722. The number of carbonyl (C=O) groups is 1. The van der Waals surface area contributed by atoms with E-state index in [4.69, 9.17) is 4.42 Å². The Hall–Kier alpha value is -1.51. The Kier molecular flexibility index (Phi) is 1.89. The normalized spacial score (nSPS) is 10.4. The minimum Gasteiger partial charge on any atom is -0.545 e. The van der Waals surface area contributed by atoms with Gasteiger partial charge in [0.2, 0.25) is 0 Å². The lowest BCUT2D eigenvalue weighted by atomic mass is 10.4. The van der Waals surface area contributed by atoms with Gasteiger partial charge in [-0.05, 0) is 24.3 Å². The van der Waals surface area contributed by atoms with E-state index in [0.717, 1.165) is 6.08 Å². The highest BCUT2D eigenvalue weighted by molar-refractivity contribution is 5.82. The first-order chi connectivity index (χ1) is 4.79. The zero-order chi connectivity index (χ0) is 7.40. The van der Waals surface area contributed by atoms with Crippen LogP contribution in [0.2, 0.25) is 0 Å². The molecule has 10 heavy (non-hydrogen) atoms. The molecule has 1 aromatic rings. The van der Waals surface area contributed by atoms with Crippen molar-refractivity contribution in [3.05, 3.63) is 30.2 Å². The molecule has 0 radical (unpaired) electrons. The van der Waals surface area contributed by atoms with Crippen LogP contribution >= 0.6 is 0 Å². The van der Waals surface area contributed by atoms with E-state index in [1.807, 2.05) is 0 Å². The zero-order valence-corrected chi connectivity index (χ0v) is 5.11. The van der Waals surface area contributed by atoms with Crippen LogP contribution in [0, 0.1) is 0 Å². The van der Waals surface area contributed by atoms with Gasteiger partial charge >= 0.3 is 0 Å². The predicted octanol–water partition coefficient (Wildman–Crippen LogP) is 0.0427. The van der Waals surface area contributed by atoms with Gasteiger partial charge in [0, 0.05) is 0 Å². The molecular formula is C7H5O3-. The SMILES string of the molecule is O=C([O-])/C=C\c1ccco1. The molecule has 52 valence electrons. The molecule has 0 spiro atoms. The lowest BCUT2D eigenvalue weighted by molar-refractivity contribution is -0.297. The van der Waals surface area contributed by atoms with Crippen LogP contribution < -0.4 is 5.11 Å². The molecule has 1 rings (SSSR count). The fraction of sp³-hybridized carbons (Fsp3) is 0. The molecule has 0 N–H and O–H groups in total. The van der Waals surface area contributed by atoms with Gasteiger partial charge in [-0.1, -0.05) is 0 Å². The first-order valence-corrected chi connectivity index (χ1v) is 2.71. The van der Waals surface area contributed by atoms with Crippen molar-refractivity contribution in [2.45, 2.75) is 0 Å². The van der Waals surface area contributed by atoms with E-state index < -0.39 is 5.97 Å². The second kappa shape index (κ2) is 2.87. The number of hydrogen-bond acceptors (Lipinski definition) is 3. The molecule has 0 saturated heterocycles. The summed E-state index contributed by atoms with van der Waals surface area (Å²) in [6.45, 7) is 0. The number of furan rings is 1. The fourth-order valence-electron chi connectivity index (χ4n) is 0.536. The summed E-state index contributed by atoms with van der Waals surface area (Å²) in [5.41, 5.74) is 0. The van der Waals surface area contributed by atoms with Crippen molar-refractivity contribution >= 4 is 12.0 Å². The van der Waals surface area contributed by atoms with Crippen LogP contribution in [0.4, 0.5) is 0 Å². The number of aliphatic carboxylic acids is 1. The molecule has 3 heteroatoms. The molecule has 1 aromatic heterocycles. The van der Waals surface area contributed by atoms with E-state index in [1.54, 1.807) is 12.1 Å². The number of carboxylic acids is 1. The highest BCUT2D eigenvalue weighted by Crippen LogP contribution is 2.00. The molecule has 0 aromatic carbocycles. The second-order valence-electron chi connectivity index (χ2n) is 1.67. The summed E-state index contributed by atoms with van der Waals surface area (Å²) in [5, 5.41) is 9.85. The number of carboxylic acid groups (broad SMARTS) is 1. The molecule has 0 bridgehead atoms. The van der Waals surface area contributed by atoms with Crippen LogP contribution in [-0.2, 0) is 4.79 Å². The van der Waals surface area contributed by atoms with Crippen LogP contribution in [0.3, 0.4) is 0 Å². The second-order valence-corrected chi connectivity index (χ2v) is 1.67. The van der Waals surface area contributed by atoms with Gasteiger partial charge in [-0.25, -0.2) is 0 Å². The molecule has 0 fully saturated rings. The summed E-state index contributed by atoms with van der Waals surface area (Å²) in [4.78, 5) is 9.85. The third kappa shape index (κ3) is 1.78. The van der Waals surface area contributed by atoms with Crippen LogP contribution in [0.5, 0.6) is 0 Å². The van der Waals surface area contributed by atoms with Crippen LogP contribution in [0.15, 0.2) is 28.9 Å².